The number of hydrogen-bond acceptors (Lipinski definition) is 4. The van der Waals surface area contributed by atoms with E-state index in [1.807, 2.05) is 4.90 Å². The molecule has 3 rings (SSSR count). The lowest BCUT2D eigenvalue weighted by Gasteiger charge is -2.23. The summed E-state index contributed by atoms with van der Waals surface area (Å²) < 4.78 is 0. The van der Waals surface area contributed by atoms with Gasteiger partial charge in [-0.3, -0.25) is 0 Å². The SMILES string of the molecule is CC(C)Nc1ncnc2c1CCN(C(=O)NC1CCCC1)CC2. The second kappa shape index (κ2) is 7.15. The normalized spacial score (nSPS) is 18.7. The van der Waals surface area contributed by atoms with Crippen molar-refractivity contribution in [2.75, 3.05) is 18.4 Å². The first-order valence-electron chi connectivity index (χ1n) is 8.78. The van der Waals surface area contributed by atoms with Crippen molar-refractivity contribution in [3.05, 3.63) is 17.6 Å². The molecule has 6 nitrogen and oxygen atoms in total. The minimum absolute atomic E-state index is 0.0797. The zero-order chi connectivity index (χ0) is 16.2. The number of anilines is 1. The fraction of sp³-hybridized carbons (Fsp3) is 0.706. The zero-order valence-corrected chi connectivity index (χ0v) is 14.1. The van der Waals surface area contributed by atoms with Gasteiger partial charge in [0.05, 0.1) is 5.69 Å². The molecule has 2 N–H and O–H groups in total. The first-order chi connectivity index (χ1) is 11.1. The number of nitrogens with zero attached hydrogens (tertiary/aromatic N) is 3. The maximum absolute atomic E-state index is 12.5. The van der Waals surface area contributed by atoms with Gasteiger partial charge in [0.25, 0.3) is 0 Å². The number of aromatic nitrogens is 2. The highest BCUT2D eigenvalue weighted by molar-refractivity contribution is 5.74. The molecule has 1 fully saturated rings. The highest BCUT2D eigenvalue weighted by atomic mass is 16.2. The Hall–Kier alpha value is -1.85. The monoisotopic (exact) mass is 317 g/mol. The number of carbonyl (C=O) groups is 1. The van der Waals surface area contributed by atoms with Crippen LogP contribution >= 0.6 is 0 Å². The van der Waals surface area contributed by atoms with Crippen LogP contribution in [0.25, 0.3) is 0 Å². The lowest BCUT2D eigenvalue weighted by atomic mass is 10.1. The summed E-state index contributed by atoms with van der Waals surface area (Å²) in [6.45, 7) is 5.66. The molecule has 1 aliphatic carbocycles. The number of urea groups is 1. The quantitative estimate of drug-likeness (QED) is 0.898. The summed E-state index contributed by atoms with van der Waals surface area (Å²) in [6, 6.07) is 0.779. The molecule has 0 spiro atoms. The average molecular weight is 317 g/mol. The largest absolute Gasteiger partial charge is 0.368 e. The Morgan fingerprint density at radius 3 is 2.70 bits per heavy atom. The number of carbonyl (C=O) groups excluding carboxylic acids is 1. The summed E-state index contributed by atoms with van der Waals surface area (Å²) in [5.74, 6) is 0.919. The van der Waals surface area contributed by atoms with Crippen LogP contribution in [-0.2, 0) is 12.8 Å². The van der Waals surface area contributed by atoms with Crippen molar-refractivity contribution >= 4 is 11.8 Å². The van der Waals surface area contributed by atoms with Gasteiger partial charge in [0.15, 0.2) is 0 Å². The van der Waals surface area contributed by atoms with E-state index >= 15 is 0 Å². The van der Waals surface area contributed by atoms with E-state index in [1.54, 1.807) is 6.33 Å². The summed E-state index contributed by atoms with van der Waals surface area (Å²) >= 11 is 0. The van der Waals surface area contributed by atoms with Crippen molar-refractivity contribution in [1.29, 1.82) is 0 Å². The van der Waals surface area contributed by atoms with Gasteiger partial charge in [-0.25, -0.2) is 14.8 Å². The molecule has 0 atom stereocenters. The van der Waals surface area contributed by atoms with E-state index < -0.39 is 0 Å². The molecule has 126 valence electrons. The Morgan fingerprint density at radius 2 is 1.96 bits per heavy atom. The summed E-state index contributed by atoms with van der Waals surface area (Å²) in [5.41, 5.74) is 2.23. The van der Waals surface area contributed by atoms with Gasteiger partial charge in [0.1, 0.15) is 12.1 Å². The van der Waals surface area contributed by atoms with Crippen molar-refractivity contribution in [1.82, 2.24) is 20.2 Å². The molecule has 2 aliphatic rings. The molecule has 2 heterocycles. The predicted octanol–water partition coefficient (Wildman–Crippen LogP) is 2.35. The van der Waals surface area contributed by atoms with E-state index in [2.05, 4.69) is 34.4 Å². The topological polar surface area (TPSA) is 70.2 Å². The Bertz CT molecular complexity index is 554. The molecule has 0 saturated heterocycles. The summed E-state index contributed by atoms with van der Waals surface area (Å²) in [4.78, 5) is 23.2. The Morgan fingerprint density at radius 1 is 1.22 bits per heavy atom. The maximum atomic E-state index is 12.5. The van der Waals surface area contributed by atoms with Crippen molar-refractivity contribution in [2.45, 2.75) is 64.5 Å². The molecular weight excluding hydrogens is 290 g/mol. The summed E-state index contributed by atoms with van der Waals surface area (Å²) in [7, 11) is 0. The molecule has 0 bridgehead atoms. The fourth-order valence-electron chi connectivity index (χ4n) is 3.46. The van der Waals surface area contributed by atoms with Crippen LogP contribution in [0.2, 0.25) is 0 Å². The number of rotatable bonds is 3. The third-order valence-electron chi connectivity index (χ3n) is 4.68. The minimum atomic E-state index is 0.0797. The Labute approximate surface area is 138 Å². The van der Waals surface area contributed by atoms with Gasteiger partial charge in [0.2, 0.25) is 0 Å². The highest BCUT2D eigenvalue weighted by Crippen LogP contribution is 2.22. The first kappa shape index (κ1) is 16.0. The van der Waals surface area contributed by atoms with Crippen LogP contribution in [0.4, 0.5) is 10.6 Å². The van der Waals surface area contributed by atoms with E-state index in [0.717, 1.165) is 55.8 Å². The predicted molar refractivity (Wildman–Crippen MR) is 90.6 cm³/mol. The van der Waals surface area contributed by atoms with Gasteiger partial charge in [-0.05, 0) is 33.1 Å². The third-order valence-corrected chi connectivity index (χ3v) is 4.68. The van der Waals surface area contributed by atoms with E-state index in [9.17, 15) is 4.79 Å². The molecule has 0 aromatic carbocycles. The van der Waals surface area contributed by atoms with Crippen molar-refractivity contribution in [3.63, 3.8) is 0 Å². The molecule has 0 radical (unpaired) electrons. The molecule has 1 saturated carbocycles. The fourth-order valence-corrected chi connectivity index (χ4v) is 3.46. The van der Waals surface area contributed by atoms with Crippen molar-refractivity contribution in [3.8, 4) is 0 Å². The van der Waals surface area contributed by atoms with Gasteiger partial charge in [-0.2, -0.15) is 0 Å². The smallest absolute Gasteiger partial charge is 0.317 e. The lowest BCUT2D eigenvalue weighted by molar-refractivity contribution is 0.196. The van der Waals surface area contributed by atoms with Gasteiger partial charge < -0.3 is 15.5 Å². The highest BCUT2D eigenvalue weighted by Gasteiger charge is 2.24. The van der Waals surface area contributed by atoms with Crippen LogP contribution < -0.4 is 10.6 Å². The second-order valence-electron chi connectivity index (χ2n) is 6.86. The van der Waals surface area contributed by atoms with E-state index in [1.165, 1.54) is 12.8 Å². The van der Waals surface area contributed by atoms with Gasteiger partial charge in [-0.15, -0.1) is 0 Å². The number of fused-ring (bicyclic) bond motifs is 1. The standard InChI is InChI=1S/C17H27N5O/c1-12(2)20-16-14-7-9-22(10-8-15(14)18-11-19-16)17(23)21-13-5-3-4-6-13/h11-13H,3-10H2,1-2H3,(H,21,23)(H,18,19,20). The molecular formula is C17H27N5O. The van der Waals surface area contributed by atoms with Crippen molar-refractivity contribution < 1.29 is 4.79 Å². The van der Waals surface area contributed by atoms with Crippen LogP contribution in [0, 0.1) is 0 Å². The van der Waals surface area contributed by atoms with Gasteiger partial charge >= 0.3 is 6.03 Å². The number of nitrogens with one attached hydrogen (secondary N) is 2. The van der Waals surface area contributed by atoms with Crippen LogP contribution in [0.1, 0.15) is 50.8 Å². The zero-order valence-electron chi connectivity index (χ0n) is 14.1. The minimum Gasteiger partial charge on any atom is -0.368 e. The maximum Gasteiger partial charge on any atom is 0.317 e. The lowest BCUT2D eigenvalue weighted by Crippen LogP contribution is -2.45. The van der Waals surface area contributed by atoms with Crippen LogP contribution in [0.5, 0.6) is 0 Å². The second-order valence-corrected chi connectivity index (χ2v) is 6.86. The van der Waals surface area contributed by atoms with Crippen LogP contribution in [-0.4, -0.2) is 46.1 Å². The molecule has 1 aliphatic heterocycles. The van der Waals surface area contributed by atoms with Crippen LogP contribution in [0.15, 0.2) is 6.33 Å². The average Bonchev–Trinajstić information content (AvgIpc) is 2.91. The molecule has 6 heteroatoms. The Balaban J connectivity index is 1.66. The third kappa shape index (κ3) is 3.92. The number of amides is 2. The Kier molecular flexibility index (Phi) is 4.98. The van der Waals surface area contributed by atoms with E-state index in [0.29, 0.717) is 12.1 Å². The molecule has 23 heavy (non-hydrogen) atoms. The van der Waals surface area contributed by atoms with Crippen LogP contribution in [0.3, 0.4) is 0 Å². The summed E-state index contributed by atoms with van der Waals surface area (Å²) in [5, 5.41) is 6.58. The van der Waals surface area contributed by atoms with Gasteiger partial charge in [0, 0.05) is 37.2 Å². The molecule has 1 aromatic rings. The van der Waals surface area contributed by atoms with Gasteiger partial charge in [-0.1, -0.05) is 12.8 Å². The summed E-state index contributed by atoms with van der Waals surface area (Å²) in [6.07, 6.45) is 7.93. The molecule has 0 unspecified atom stereocenters. The molecule has 1 aromatic heterocycles. The first-order valence-corrected chi connectivity index (χ1v) is 8.78. The van der Waals surface area contributed by atoms with E-state index in [4.69, 9.17) is 0 Å². The molecule has 2 amide bonds. The van der Waals surface area contributed by atoms with E-state index in [-0.39, 0.29) is 6.03 Å². The number of hydrogen-bond donors (Lipinski definition) is 2. The van der Waals surface area contributed by atoms with Crippen molar-refractivity contribution in [2.24, 2.45) is 0 Å².